The highest BCUT2D eigenvalue weighted by Gasteiger charge is 2.32. The van der Waals surface area contributed by atoms with Crippen molar-refractivity contribution in [2.24, 2.45) is 11.8 Å². The van der Waals surface area contributed by atoms with E-state index in [1.807, 2.05) is 12.5 Å². The fourth-order valence-electron chi connectivity index (χ4n) is 2.69. The molecule has 0 unspecified atom stereocenters. The van der Waals surface area contributed by atoms with Gasteiger partial charge >= 0.3 is 0 Å². The number of ether oxygens (including phenoxy) is 1. The average Bonchev–Trinajstić information content (AvgIpc) is 3.10. The number of imidazole rings is 1. The largest absolute Gasteiger partial charge is 0.370 e. The third kappa shape index (κ3) is 2.90. The maximum Gasteiger partial charge on any atom is 0.179 e. The van der Waals surface area contributed by atoms with Crippen molar-refractivity contribution >= 4 is 0 Å². The predicted octanol–water partition coefficient (Wildman–Crippen LogP) is 1.98. The third-order valence-electron chi connectivity index (χ3n) is 3.62. The lowest BCUT2D eigenvalue weighted by Crippen LogP contribution is -2.15. The van der Waals surface area contributed by atoms with Gasteiger partial charge in [0.05, 0.1) is 6.33 Å². The molecule has 2 aromatic heterocycles. The SMILES string of the molecule is CC(C)Cc1nc([C@@H]2OCC[C@@H]2Cn2ccnc2)n[nH]1. The number of nitrogens with zero attached hydrogens (tertiary/aromatic N) is 4. The summed E-state index contributed by atoms with van der Waals surface area (Å²) in [6.07, 6.45) is 7.59. The molecule has 0 amide bonds. The third-order valence-corrected chi connectivity index (χ3v) is 3.62. The molecule has 3 heterocycles. The molecule has 2 aromatic rings. The number of rotatable bonds is 5. The average molecular weight is 275 g/mol. The van der Waals surface area contributed by atoms with Gasteiger partial charge < -0.3 is 9.30 Å². The smallest absolute Gasteiger partial charge is 0.179 e. The van der Waals surface area contributed by atoms with E-state index in [0.717, 1.165) is 37.6 Å². The molecular formula is C14H21N5O. The molecule has 0 aliphatic carbocycles. The Balaban J connectivity index is 1.70. The van der Waals surface area contributed by atoms with Gasteiger partial charge in [0.1, 0.15) is 11.9 Å². The molecule has 1 N–H and O–H groups in total. The van der Waals surface area contributed by atoms with Gasteiger partial charge in [-0.25, -0.2) is 9.97 Å². The predicted molar refractivity (Wildman–Crippen MR) is 74.0 cm³/mol. The summed E-state index contributed by atoms with van der Waals surface area (Å²) in [6, 6.07) is 0. The quantitative estimate of drug-likeness (QED) is 0.906. The van der Waals surface area contributed by atoms with Gasteiger partial charge in [-0.15, -0.1) is 0 Å². The van der Waals surface area contributed by atoms with Crippen LogP contribution < -0.4 is 0 Å². The van der Waals surface area contributed by atoms with Crippen LogP contribution in [0.25, 0.3) is 0 Å². The molecule has 6 heteroatoms. The molecule has 1 fully saturated rings. The van der Waals surface area contributed by atoms with Gasteiger partial charge in [0.2, 0.25) is 0 Å². The van der Waals surface area contributed by atoms with E-state index in [4.69, 9.17) is 4.74 Å². The molecule has 0 spiro atoms. The minimum absolute atomic E-state index is 0.00503. The van der Waals surface area contributed by atoms with Crippen molar-refractivity contribution in [1.82, 2.24) is 24.7 Å². The number of hydrogen-bond acceptors (Lipinski definition) is 4. The minimum atomic E-state index is -0.00503. The Morgan fingerprint density at radius 1 is 1.50 bits per heavy atom. The van der Waals surface area contributed by atoms with Crippen LogP contribution in [0.1, 0.15) is 38.0 Å². The molecule has 20 heavy (non-hydrogen) atoms. The van der Waals surface area contributed by atoms with Crippen molar-refractivity contribution in [2.75, 3.05) is 6.61 Å². The maximum absolute atomic E-state index is 5.84. The topological polar surface area (TPSA) is 68.6 Å². The van der Waals surface area contributed by atoms with Crippen LogP contribution in [-0.2, 0) is 17.7 Å². The van der Waals surface area contributed by atoms with E-state index in [2.05, 4.69) is 38.6 Å². The lowest BCUT2D eigenvalue weighted by molar-refractivity contribution is 0.0796. The van der Waals surface area contributed by atoms with Gasteiger partial charge in [-0.2, -0.15) is 5.10 Å². The Kier molecular flexibility index (Phi) is 3.82. The van der Waals surface area contributed by atoms with E-state index in [1.165, 1.54) is 0 Å². The molecule has 0 radical (unpaired) electrons. The normalized spacial score (nSPS) is 22.8. The summed E-state index contributed by atoms with van der Waals surface area (Å²) in [5, 5.41) is 7.38. The Morgan fingerprint density at radius 2 is 2.40 bits per heavy atom. The number of aromatic amines is 1. The second kappa shape index (κ2) is 5.75. The van der Waals surface area contributed by atoms with Crippen molar-refractivity contribution < 1.29 is 4.74 Å². The Morgan fingerprint density at radius 3 is 3.15 bits per heavy atom. The second-order valence-corrected chi connectivity index (χ2v) is 5.84. The summed E-state index contributed by atoms with van der Waals surface area (Å²) >= 11 is 0. The van der Waals surface area contributed by atoms with Gasteiger partial charge in [0.15, 0.2) is 5.82 Å². The van der Waals surface area contributed by atoms with E-state index in [1.54, 1.807) is 6.20 Å². The molecule has 0 aromatic carbocycles. The zero-order chi connectivity index (χ0) is 13.9. The van der Waals surface area contributed by atoms with Crippen molar-refractivity contribution in [3.8, 4) is 0 Å². The van der Waals surface area contributed by atoms with E-state index in [-0.39, 0.29) is 6.10 Å². The van der Waals surface area contributed by atoms with Crippen molar-refractivity contribution in [3.63, 3.8) is 0 Å². The monoisotopic (exact) mass is 275 g/mol. The number of hydrogen-bond donors (Lipinski definition) is 1. The van der Waals surface area contributed by atoms with E-state index < -0.39 is 0 Å². The van der Waals surface area contributed by atoms with Crippen molar-refractivity contribution in [3.05, 3.63) is 30.4 Å². The van der Waals surface area contributed by atoms with Crippen LogP contribution in [0.4, 0.5) is 0 Å². The molecule has 108 valence electrons. The zero-order valence-electron chi connectivity index (χ0n) is 12.0. The van der Waals surface area contributed by atoms with Crippen LogP contribution in [0.2, 0.25) is 0 Å². The van der Waals surface area contributed by atoms with Crippen LogP contribution >= 0.6 is 0 Å². The maximum atomic E-state index is 5.84. The first kappa shape index (κ1) is 13.3. The van der Waals surface area contributed by atoms with Gasteiger partial charge in [0, 0.05) is 37.9 Å². The lowest BCUT2D eigenvalue weighted by Gasteiger charge is -2.15. The van der Waals surface area contributed by atoms with E-state index in [0.29, 0.717) is 11.8 Å². The molecule has 0 bridgehead atoms. The molecule has 1 aliphatic heterocycles. The molecule has 0 saturated carbocycles. The Hall–Kier alpha value is -1.69. The standard InChI is InChI=1S/C14H21N5O/c1-10(2)7-12-16-14(18-17-12)13-11(3-6-20-13)8-19-5-4-15-9-19/h4-5,9-11,13H,3,6-8H2,1-2H3,(H,16,17,18)/t11-,13-/m1/s1. The number of aromatic nitrogens is 5. The highest BCUT2D eigenvalue weighted by atomic mass is 16.5. The van der Waals surface area contributed by atoms with E-state index in [9.17, 15) is 0 Å². The molecule has 2 atom stereocenters. The fraction of sp³-hybridized carbons (Fsp3) is 0.643. The van der Waals surface area contributed by atoms with Crippen molar-refractivity contribution in [1.29, 1.82) is 0 Å². The zero-order valence-corrected chi connectivity index (χ0v) is 12.0. The fourth-order valence-corrected chi connectivity index (χ4v) is 2.69. The first-order chi connectivity index (χ1) is 9.72. The van der Waals surface area contributed by atoms with Crippen molar-refractivity contribution in [2.45, 2.75) is 39.3 Å². The summed E-state index contributed by atoms with van der Waals surface area (Å²) in [6.45, 7) is 6.03. The van der Waals surface area contributed by atoms with Gasteiger partial charge in [-0.05, 0) is 12.3 Å². The summed E-state index contributed by atoms with van der Waals surface area (Å²) in [4.78, 5) is 8.68. The van der Waals surface area contributed by atoms with Gasteiger partial charge in [0.25, 0.3) is 0 Å². The van der Waals surface area contributed by atoms with Crippen LogP contribution in [0.15, 0.2) is 18.7 Å². The highest BCUT2D eigenvalue weighted by molar-refractivity contribution is 4.99. The van der Waals surface area contributed by atoms with Gasteiger partial charge in [-0.1, -0.05) is 13.8 Å². The molecular weight excluding hydrogens is 254 g/mol. The first-order valence-corrected chi connectivity index (χ1v) is 7.21. The minimum Gasteiger partial charge on any atom is -0.370 e. The Bertz CT molecular complexity index is 534. The van der Waals surface area contributed by atoms with Crippen LogP contribution in [-0.4, -0.2) is 31.3 Å². The second-order valence-electron chi connectivity index (χ2n) is 5.84. The highest BCUT2D eigenvalue weighted by Crippen LogP contribution is 2.33. The van der Waals surface area contributed by atoms with E-state index >= 15 is 0 Å². The summed E-state index contributed by atoms with van der Waals surface area (Å²) < 4.78 is 7.93. The summed E-state index contributed by atoms with van der Waals surface area (Å²) in [5.41, 5.74) is 0. The summed E-state index contributed by atoms with van der Waals surface area (Å²) in [5.74, 6) is 2.73. The molecule has 1 saturated heterocycles. The molecule has 3 rings (SSSR count). The van der Waals surface area contributed by atoms with Crippen LogP contribution in [0.3, 0.4) is 0 Å². The van der Waals surface area contributed by atoms with Crippen LogP contribution in [0, 0.1) is 11.8 Å². The molecule has 6 nitrogen and oxygen atoms in total. The summed E-state index contributed by atoms with van der Waals surface area (Å²) in [7, 11) is 0. The first-order valence-electron chi connectivity index (χ1n) is 7.21. The number of H-pyrrole nitrogens is 1. The van der Waals surface area contributed by atoms with Crippen LogP contribution in [0.5, 0.6) is 0 Å². The lowest BCUT2D eigenvalue weighted by atomic mass is 10.0. The Labute approximate surface area is 118 Å². The number of nitrogens with one attached hydrogen (secondary N) is 1. The molecule has 1 aliphatic rings. The van der Waals surface area contributed by atoms with Gasteiger partial charge in [-0.3, -0.25) is 5.10 Å².